The average Bonchev–Trinajstić information content (AvgIpc) is 3.56. The number of anilines is 1. The minimum atomic E-state index is -0.634. The van der Waals surface area contributed by atoms with Crippen LogP contribution < -0.4 is 5.32 Å². The number of amides is 1. The molecule has 1 amide bonds. The normalized spacial score (nSPS) is 14.9. The lowest BCUT2D eigenvalue weighted by atomic mass is 9.88. The first-order valence-electron chi connectivity index (χ1n) is 11.5. The zero-order chi connectivity index (χ0) is 26.0. The predicted octanol–water partition coefficient (Wildman–Crippen LogP) is 4.83. The fraction of sp³-hybridized carbons (Fsp3) is 0.458. The molecule has 192 valence electrons. The van der Waals surface area contributed by atoms with E-state index < -0.39 is 11.9 Å². The van der Waals surface area contributed by atoms with E-state index in [1.165, 1.54) is 42.8 Å². The third-order valence-corrected chi connectivity index (χ3v) is 9.37. The van der Waals surface area contributed by atoms with Crippen LogP contribution in [0.25, 0.3) is 11.4 Å². The third-order valence-electron chi connectivity index (χ3n) is 6.17. The zero-order valence-electron chi connectivity index (χ0n) is 20.8. The lowest BCUT2D eigenvalue weighted by Gasteiger charge is -2.19. The Morgan fingerprint density at radius 2 is 1.97 bits per heavy atom. The van der Waals surface area contributed by atoms with Crippen LogP contribution in [-0.4, -0.2) is 52.6 Å². The summed E-state index contributed by atoms with van der Waals surface area (Å²) >= 11 is 4.05. The number of methoxy groups -OCH3 is 2. The number of nitrogens with zero attached hydrogens (tertiary/aromatic N) is 3. The van der Waals surface area contributed by atoms with Crippen LogP contribution in [0.4, 0.5) is 5.00 Å². The Balaban J connectivity index is 1.51. The number of rotatable bonds is 8. The van der Waals surface area contributed by atoms with Gasteiger partial charge in [-0.3, -0.25) is 4.79 Å². The van der Waals surface area contributed by atoms with Crippen LogP contribution in [0.3, 0.4) is 0 Å². The molecular weight excluding hydrogens is 520 g/mol. The highest BCUT2D eigenvalue weighted by atomic mass is 32.2. The van der Waals surface area contributed by atoms with Crippen molar-refractivity contribution in [2.45, 2.75) is 51.7 Å². The Bertz CT molecular complexity index is 1310. The molecule has 1 N–H and O–H groups in total. The van der Waals surface area contributed by atoms with Crippen molar-refractivity contribution in [3.8, 4) is 11.4 Å². The molecular formula is C24H28N4O5S3. The Morgan fingerprint density at radius 3 is 2.67 bits per heavy atom. The van der Waals surface area contributed by atoms with Crippen molar-refractivity contribution in [2.24, 2.45) is 5.92 Å². The molecule has 0 saturated heterocycles. The molecule has 3 aromatic rings. The summed E-state index contributed by atoms with van der Waals surface area (Å²) in [6, 6.07) is 0. The number of esters is 2. The van der Waals surface area contributed by atoms with Crippen LogP contribution in [0.15, 0.2) is 10.5 Å². The summed E-state index contributed by atoms with van der Waals surface area (Å²) in [5.41, 5.74) is 3.07. The smallest absolute Gasteiger partial charge is 0.348 e. The molecule has 0 saturated carbocycles. The second kappa shape index (κ2) is 11.1. The minimum absolute atomic E-state index is 0.0580. The van der Waals surface area contributed by atoms with Crippen LogP contribution in [-0.2, 0) is 33.7 Å². The number of hydrogen-bond acceptors (Lipinski definition) is 10. The van der Waals surface area contributed by atoms with Gasteiger partial charge in [-0.05, 0) is 50.2 Å². The van der Waals surface area contributed by atoms with Gasteiger partial charge in [0.15, 0.2) is 11.0 Å². The molecule has 36 heavy (non-hydrogen) atoms. The summed E-state index contributed by atoms with van der Waals surface area (Å²) in [4.78, 5) is 38.9. The molecule has 1 atom stereocenters. The summed E-state index contributed by atoms with van der Waals surface area (Å²) < 4.78 is 11.7. The Kier molecular flexibility index (Phi) is 8.16. The van der Waals surface area contributed by atoms with Crippen LogP contribution in [0.1, 0.15) is 56.3 Å². The van der Waals surface area contributed by atoms with Crippen LogP contribution in [0.2, 0.25) is 0 Å². The van der Waals surface area contributed by atoms with E-state index in [9.17, 15) is 14.4 Å². The maximum absolute atomic E-state index is 12.8. The van der Waals surface area contributed by atoms with E-state index in [1.54, 1.807) is 18.3 Å². The number of thioether (sulfide) groups is 1. The van der Waals surface area contributed by atoms with E-state index in [2.05, 4.69) is 27.8 Å². The summed E-state index contributed by atoms with van der Waals surface area (Å²) in [5.74, 6) is 0.0433. The second-order valence-electron chi connectivity index (χ2n) is 8.53. The van der Waals surface area contributed by atoms with Crippen molar-refractivity contribution >= 4 is 57.3 Å². The predicted molar refractivity (Wildman–Crippen MR) is 141 cm³/mol. The molecule has 0 spiro atoms. The van der Waals surface area contributed by atoms with E-state index in [4.69, 9.17) is 9.47 Å². The molecule has 3 heterocycles. The van der Waals surface area contributed by atoms with Crippen LogP contribution in [0, 0.1) is 12.8 Å². The molecule has 1 aliphatic carbocycles. The maximum atomic E-state index is 12.8. The number of thiophene rings is 2. The number of carbonyl (C=O) groups is 3. The van der Waals surface area contributed by atoms with Gasteiger partial charge in [-0.2, -0.15) is 0 Å². The highest BCUT2D eigenvalue weighted by molar-refractivity contribution is 7.99. The second-order valence-corrected chi connectivity index (χ2v) is 11.5. The zero-order valence-corrected chi connectivity index (χ0v) is 23.2. The van der Waals surface area contributed by atoms with Gasteiger partial charge >= 0.3 is 11.9 Å². The van der Waals surface area contributed by atoms with Gasteiger partial charge in [-0.1, -0.05) is 18.7 Å². The lowest BCUT2D eigenvalue weighted by Crippen LogP contribution is -2.16. The fourth-order valence-electron chi connectivity index (χ4n) is 4.27. The van der Waals surface area contributed by atoms with Crippen LogP contribution >= 0.6 is 34.4 Å². The monoisotopic (exact) mass is 548 g/mol. The first-order valence-corrected chi connectivity index (χ1v) is 14.2. The minimum Gasteiger partial charge on any atom is -0.465 e. The van der Waals surface area contributed by atoms with E-state index in [-0.39, 0.29) is 27.1 Å². The van der Waals surface area contributed by atoms with Gasteiger partial charge in [0.2, 0.25) is 5.91 Å². The van der Waals surface area contributed by atoms with E-state index >= 15 is 0 Å². The number of nitrogens with one attached hydrogen (secondary N) is 1. The summed E-state index contributed by atoms with van der Waals surface area (Å²) in [7, 11) is 2.51. The highest BCUT2D eigenvalue weighted by Gasteiger charge is 2.27. The van der Waals surface area contributed by atoms with E-state index in [1.807, 2.05) is 11.5 Å². The van der Waals surface area contributed by atoms with Crippen molar-refractivity contribution in [1.29, 1.82) is 0 Å². The molecule has 0 aliphatic heterocycles. The maximum Gasteiger partial charge on any atom is 0.348 e. The number of carbonyl (C=O) groups excluding carboxylic acids is 3. The topological polar surface area (TPSA) is 112 Å². The summed E-state index contributed by atoms with van der Waals surface area (Å²) in [6.45, 7) is 6.61. The molecule has 12 heteroatoms. The van der Waals surface area contributed by atoms with Gasteiger partial charge in [0, 0.05) is 22.4 Å². The number of fused-ring (bicyclic) bond motifs is 1. The quantitative estimate of drug-likeness (QED) is 0.315. The molecule has 1 aliphatic rings. The first-order chi connectivity index (χ1) is 17.3. The van der Waals surface area contributed by atoms with E-state index in [0.717, 1.165) is 35.6 Å². The molecule has 9 nitrogen and oxygen atoms in total. The Hall–Kier alpha value is -2.70. The molecule has 0 fully saturated rings. The average molecular weight is 549 g/mol. The van der Waals surface area contributed by atoms with Gasteiger partial charge < -0.3 is 19.4 Å². The lowest BCUT2D eigenvalue weighted by molar-refractivity contribution is -0.113. The van der Waals surface area contributed by atoms with Gasteiger partial charge in [0.05, 0.1) is 25.5 Å². The fourth-order valence-corrected chi connectivity index (χ4v) is 7.45. The van der Waals surface area contributed by atoms with Crippen molar-refractivity contribution in [3.63, 3.8) is 0 Å². The molecule has 0 radical (unpaired) electrons. The third kappa shape index (κ3) is 5.07. The molecule has 3 aromatic heterocycles. The molecule has 1 unspecified atom stereocenters. The van der Waals surface area contributed by atoms with Crippen molar-refractivity contribution in [2.75, 3.05) is 25.3 Å². The van der Waals surface area contributed by atoms with Crippen LogP contribution in [0.5, 0.6) is 0 Å². The highest BCUT2D eigenvalue weighted by Crippen LogP contribution is 2.38. The van der Waals surface area contributed by atoms with Crippen molar-refractivity contribution in [1.82, 2.24) is 14.8 Å². The SMILES string of the molecule is CCn1c(SCC(=O)Nc2sc(C(=O)OC)c(C)c2C(=O)OC)nnc1-c1csc2c1CCC(C)C2. The molecule has 0 bridgehead atoms. The van der Waals surface area contributed by atoms with Crippen molar-refractivity contribution < 1.29 is 23.9 Å². The van der Waals surface area contributed by atoms with Gasteiger partial charge in [-0.15, -0.1) is 32.9 Å². The van der Waals surface area contributed by atoms with Crippen molar-refractivity contribution in [3.05, 3.63) is 31.8 Å². The standard InChI is InChI=1S/C24H28N4O5S3/c1-6-28-20(15-10-34-16-9-12(2)7-8-14(15)16)26-27-24(28)35-11-17(29)25-21-18(22(30)32-4)13(3)19(36-21)23(31)33-5/h10,12H,6-9,11H2,1-5H3,(H,25,29). The van der Waals surface area contributed by atoms with E-state index in [0.29, 0.717) is 23.2 Å². The molecule has 4 rings (SSSR count). The summed E-state index contributed by atoms with van der Waals surface area (Å²) in [6.07, 6.45) is 3.33. The Labute approximate surface area is 221 Å². The summed E-state index contributed by atoms with van der Waals surface area (Å²) in [5, 5.41) is 14.7. The number of hydrogen-bond donors (Lipinski definition) is 1. The first kappa shape index (κ1) is 26.4. The van der Waals surface area contributed by atoms with Gasteiger partial charge in [0.25, 0.3) is 0 Å². The largest absolute Gasteiger partial charge is 0.465 e. The number of aromatic nitrogens is 3. The molecule has 0 aromatic carbocycles. The number of ether oxygens (including phenoxy) is 2. The Morgan fingerprint density at radius 1 is 1.22 bits per heavy atom. The van der Waals surface area contributed by atoms with Gasteiger partial charge in [0.1, 0.15) is 9.88 Å². The van der Waals surface area contributed by atoms with Gasteiger partial charge in [-0.25, -0.2) is 9.59 Å².